The van der Waals surface area contributed by atoms with Gasteiger partial charge in [0.2, 0.25) is 5.91 Å². The van der Waals surface area contributed by atoms with E-state index in [1.54, 1.807) is 0 Å². The average Bonchev–Trinajstić information content (AvgIpc) is 2.97. The van der Waals surface area contributed by atoms with E-state index in [9.17, 15) is 4.79 Å². The van der Waals surface area contributed by atoms with Crippen molar-refractivity contribution >= 4 is 5.91 Å². The first-order valence-corrected chi connectivity index (χ1v) is 5.36. The van der Waals surface area contributed by atoms with Crippen LogP contribution in [0, 0.1) is 23.2 Å². The van der Waals surface area contributed by atoms with E-state index in [0.717, 1.165) is 19.3 Å². The molecule has 1 aliphatic rings. The van der Waals surface area contributed by atoms with Gasteiger partial charge < -0.3 is 5.32 Å². The normalized spacial score (nSPS) is 19.5. The zero-order valence-electron chi connectivity index (χ0n) is 8.92. The van der Waals surface area contributed by atoms with Gasteiger partial charge in [-0.3, -0.25) is 4.79 Å². The molecule has 0 spiro atoms. The third kappa shape index (κ3) is 3.37. The summed E-state index contributed by atoms with van der Waals surface area (Å²) in [5.74, 6) is 0.854. The second-order valence-electron chi connectivity index (χ2n) is 4.23. The fourth-order valence-electron chi connectivity index (χ4n) is 1.38. The van der Waals surface area contributed by atoms with Crippen LogP contribution in [0.15, 0.2) is 0 Å². The minimum absolute atomic E-state index is 0.0257. The van der Waals surface area contributed by atoms with Gasteiger partial charge in [0.1, 0.15) is 6.04 Å². The SMILES string of the molecule is CCC(C)CC(=O)NC(C#N)C1CC1. The maximum atomic E-state index is 11.5. The number of carbonyl (C=O) groups is 1. The zero-order chi connectivity index (χ0) is 10.6. The van der Waals surface area contributed by atoms with Crippen LogP contribution < -0.4 is 5.32 Å². The molecule has 1 amide bonds. The van der Waals surface area contributed by atoms with Crippen LogP contribution in [-0.4, -0.2) is 11.9 Å². The van der Waals surface area contributed by atoms with Crippen molar-refractivity contribution in [2.24, 2.45) is 11.8 Å². The zero-order valence-corrected chi connectivity index (χ0v) is 8.92. The van der Waals surface area contributed by atoms with E-state index in [2.05, 4.69) is 25.2 Å². The monoisotopic (exact) mass is 194 g/mol. The first-order chi connectivity index (χ1) is 6.67. The standard InChI is InChI=1S/C11H18N2O/c1-3-8(2)6-11(14)13-10(7-12)9-4-5-9/h8-10H,3-6H2,1-2H3,(H,13,14). The Kier molecular flexibility index (Phi) is 3.94. The molecular formula is C11H18N2O. The minimum Gasteiger partial charge on any atom is -0.340 e. The molecule has 1 fully saturated rings. The molecule has 0 aromatic rings. The van der Waals surface area contributed by atoms with Gasteiger partial charge in [0.05, 0.1) is 6.07 Å². The summed E-state index contributed by atoms with van der Waals surface area (Å²) in [4.78, 5) is 11.5. The van der Waals surface area contributed by atoms with E-state index in [-0.39, 0.29) is 11.9 Å². The van der Waals surface area contributed by atoms with Crippen LogP contribution in [0.2, 0.25) is 0 Å². The van der Waals surface area contributed by atoms with Gasteiger partial charge >= 0.3 is 0 Å². The van der Waals surface area contributed by atoms with E-state index < -0.39 is 0 Å². The van der Waals surface area contributed by atoms with Gasteiger partial charge in [-0.15, -0.1) is 0 Å². The van der Waals surface area contributed by atoms with Gasteiger partial charge in [-0.25, -0.2) is 0 Å². The van der Waals surface area contributed by atoms with Crippen LogP contribution in [0.4, 0.5) is 0 Å². The number of nitrogens with one attached hydrogen (secondary N) is 1. The number of hydrogen-bond acceptors (Lipinski definition) is 2. The van der Waals surface area contributed by atoms with Crippen molar-refractivity contribution in [3.63, 3.8) is 0 Å². The van der Waals surface area contributed by atoms with E-state index in [1.807, 2.05) is 0 Å². The molecule has 78 valence electrons. The number of carbonyl (C=O) groups excluding carboxylic acids is 1. The van der Waals surface area contributed by atoms with Crippen LogP contribution >= 0.6 is 0 Å². The number of nitriles is 1. The fourth-order valence-corrected chi connectivity index (χ4v) is 1.38. The fraction of sp³-hybridized carbons (Fsp3) is 0.818. The first-order valence-electron chi connectivity index (χ1n) is 5.36. The summed E-state index contributed by atoms with van der Waals surface area (Å²) in [6.07, 6.45) is 3.72. The molecule has 0 saturated heterocycles. The third-order valence-electron chi connectivity index (χ3n) is 2.78. The maximum absolute atomic E-state index is 11.5. The molecular weight excluding hydrogens is 176 g/mol. The van der Waals surface area contributed by atoms with Gasteiger partial charge in [-0.1, -0.05) is 20.3 Å². The molecule has 1 N–H and O–H groups in total. The molecule has 0 aliphatic heterocycles. The number of nitrogens with zero attached hydrogens (tertiary/aromatic N) is 1. The van der Waals surface area contributed by atoms with E-state index in [1.165, 1.54) is 0 Å². The van der Waals surface area contributed by atoms with Crippen LogP contribution in [0.25, 0.3) is 0 Å². The Hall–Kier alpha value is -1.04. The van der Waals surface area contributed by atoms with Crippen LogP contribution in [-0.2, 0) is 4.79 Å². The molecule has 3 nitrogen and oxygen atoms in total. The van der Waals surface area contributed by atoms with Crippen molar-refractivity contribution in [1.82, 2.24) is 5.32 Å². The highest BCUT2D eigenvalue weighted by Crippen LogP contribution is 2.32. The highest BCUT2D eigenvalue weighted by atomic mass is 16.1. The summed E-state index contributed by atoms with van der Waals surface area (Å²) in [5.41, 5.74) is 0. The lowest BCUT2D eigenvalue weighted by molar-refractivity contribution is -0.122. The molecule has 1 aliphatic carbocycles. The molecule has 1 saturated carbocycles. The molecule has 2 unspecified atom stereocenters. The molecule has 2 atom stereocenters. The van der Waals surface area contributed by atoms with E-state index >= 15 is 0 Å². The Bertz CT molecular complexity index is 240. The van der Waals surface area contributed by atoms with Crippen molar-refractivity contribution in [1.29, 1.82) is 5.26 Å². The lowest BCUT2D eigenvalue weighted by Gasteiger charge is -2.12. The summed E-state index contributed by atoms with van der Waals surface area (Å²) in [5, 5.41) is 11.6. The van der Waals surface area contributed by atoms with Crippen molar-refractivity contribution in [2.45, 2.75) is 45.6 Å². The third-order valence-corrected chi connectivity index (χ3v) is 2.78. The summed E-state index contributed by atoms with van der Waals surface area (Å²) in [6.45, 7) is 4.12. The number of amides is 1. The second-order valence-corrected chi connectivity index (χ2v) is 4.23. The first kappa shape index (κ1) is 11.0. The summed E-state index contributed by atoms with van der Waals surface area (Å²) in [6, 6.07) is 1.91. The average molecular weight is 194 g/mol. The predicted molar refractivity (Wildman–Crippen MR) is 54.3 cm³/mol. The molecule has 3 heteroatoms. The minimum atomic E-state index is -0.244. The van der Waals surface area contributed by atoms with Crippen molar-refractivity contribution < 1.29 is 4.79 Å². The molecule has 0 radical (unpaired) electrons. The molecule has 14 heavy (non-hydrogen) atoms. The topological polar surface area (TPSA) is 52.9 Å². The molecule has 1 rings (SSSR count). The quantitative estimate of drug-likeness (QED) is 0.726. The molecule has 0 heterocycles. The van der Waals surface area contributed by atoms with E-state index in [0.29, 0.717) is 18.3 Å². The lowest BCUT2D eigenvalue weighted by Crippen LogP contribution is -2.35. The van der Waals surface area contributed by atoms with Crippen LogP contribution in [0.1, 0.15) is 39.5 Å². The van der Waals surface area contributed by atoms with E-state index in [4.69, 9.17) is 5.26 Å². The second kappa shape index (κ2) is 4.99. The Morgan fingerprint density at radius 3 is 2.71 bits per heavy atom. The van der Waals surface area contributed by atoms with Gasteiger partial charge in [-0.2, -0.15) is 5.26 Å². The Labute approximate surface area is 85.5 Å². The maximum Gasteiger partial charge on any atom is 0.221 e. The van der Waals surface area contributed by atoms with Gasteiger partial charge in [0.15, 0.2) is 0 Å². The van der Waals surface area contributed by atoms with Gasteiger partial charge in [0.25, 0.3) is 0 Å². The number of rotatable bonds is 5. The van der Waals surface area contributed by atoms with Crippen molar-refractivity contribution in [2.75, 3.05) is 0 Å². The summed E-state index contributed by atoms with van der Waals surface area (Å²) in [7, 11) is 0. The van der Waals surface area contributed by atoms with Crippen molar-refractivity contribution in [3.05, 3.63) is 0 Å². The Balaban J connectivity index is 2.28. The highest BCUT2D eigenvalue weighted by Gasteiger charge is 2.32. The smallest absolute Gasteiger partial charge is 0.221 e. The van der Waals surface area contributed by atoms with Gasteiger partial charge in [0, 0.05) is 6.42 Å². The van der Waals surface area contributed by atoms with Crippen LogP contribution in [0.3, 0.4) is 0 Å². The Morgan fingerprint density at radius 2 is 2.29 bits per heavy atom. The van der Waals surface area contributed by atoms with Crippen molar-refractivity contribution in [3.8, 4) is 6.07 Å². The largest absolute Gasteiger partial charge is 0.340 e. The molecule has 0 aromatic carbocycles. The summed E-state index contributed by atoms with van der Waals surface area (Å²) >= 11 is 0. The summed E-state index contributed by atoms with van der Waals surface area (Å²) < 4.78 is 0. The highest BCUT2D eigenvalue weighted by molar-refractivity contribution is 5.76. The van der Waals surface area contributed by atoms with Gasteiger partial charge in [-0.05, 0) is 24.7 Å². The predicted octanol–water partition coefficient (Wildman–Crippen LogP) is 1.84. The lowest BCUT2D eigenvalue weighted by atomic mass is 10.0. The molecule has 0 bridgehead atoms. The molecule has 0 aromatic heterocycles. The number of hydrogen-bond donors (Lipinski definition) is 1. The van der Waals surface area contributed by atoms with Crippen LogP contribution in [0.5, 0.6) is 0 Å². The Morgan fingerprint density at radius 1 is 1.64 bits per heavy atom.